The van der Waals surface area contributed by atoms with Gasteiger partial charge in [-0.15, -0.1) is 0 Å². The van der Waals surface area contributed by atoms with Crippen molar-refractivity contribution < 1.29 is 28.6 Å². The van der Waals surface area contributed by atoms with E-state index < -0.39 is 11.7 Å². The minimum absolute atomic E-state index is 0.124. The minimum atomic E-state index is -0.507. The fourth-order valence-electron chi connectivity index (χ4n) is 4.35. The number of carboxylic acid groups (broad SMARTS) is 1. The van der Waals surface area contributed by atoms with Gasteiger partial charge in [0.25, 0.3) is 18.3 Å². The number of anilines is 1. The van der Waals surface area contributed by atoms with Crippen molar-refractivity contribution in [1.82, 2.24) is 24.3 Å². The maximum absolute atomic E-state index is 14.2. The lowest BCUT2D eigenvalue weighted by Crippen LogP contribution is -2.50. The average Bonchev–Trinajstić information content (AvgIpc) is 3.33. The van der Waals surface area contributed by atoms with E-state index in [2.05, 4.69) is 20.1 Å². The molecule has 2 aromatic carbocycles. The molecule has 0 spiro atoms. The Morgan fingerprint density at radius 3 is 2.44 bits per heavy atom. The summed E-state index contributed by atoms with van der Waals surface area (Å²) < 4.78 is 20.7. The number of piperazine rings is 1. The Hall–Kier alpha value is -4.00. The van der Waals surface area contributed by atoms with Gasteiger partial charge in [0.2, 0.25) is 0 Å². The highest BCUT2D eigenvalue weighted by Crippen LogP contribution is 2.27. The molecule has 2 N–H and O–H groups in total. The molecule has 11 nitrogen and oxygen atoms in total. The van der Waals surface area contributed by atoms with E-state index in [1.54, 1.807) is 35.9 Å². The Labute approximate surface area is 243 Å². The van der Waals surface area contributed by atoms with Gasteiger partial charge in [-0.05, 0) is 50.5 Å². The predicted octanol–water partition coefficient (Wildman–Crippen LogP) is 3.16. The van der Waals surface area contributed by atoms with Crippen molar-refractivity contribution in [1.29, 1.82) is 0 Å². The van der Waals surface area contributed by atoms with Crippen molar-refractivity contribution in [3.8, 4) is 17.0 Å². The monoisotopic (exact) mass is 588 g/mol. The topological polar surface area (TPSA) is 120 Å². The molecule has 0 bridgehead atoms. The molecule has 0 aliphatic carbocycles. The fourth-order valence-corrected chi connectivity index (χ4v) is 4.62. The second-order valence-electron chi connectivity index (χ2n) is 9.57. The summed E-state index contributed by atoms with van der Waals surface area (Å²) in [6.07, 6.45) is 1.51. The Bertz CT molecular complexity index is 1370. The van der Waals surface area contributed by atoms with Crippen molar-refractivity contribution in [3.05, 3.63) is 64.8 Å². The number of nitrogens with one attached hydrogen (secondary N) is 1. The van der Waals surface area contributed by atoms with Crippen LogP contribution in [-0.4, -0.2) is 108 Å². The van der Waals surface area contributed by atoms with Gasteiger partial charge in [-0.2, -0.15) is 0 Å². The van der Waals surface area contributed by atoms with Gasteiger partial charge in [0.1, 0.15) is 0 Å². The Morgan fingerprint density at radius 1 is 1.17 bits per heavy atom. The molecule has 41 heavy (non-hydrogen) atoms. The third-order valence-corrected chi connectivity index (χ3v) is 6.93. The van der Waals surface area contributed by atoms with Crippen LogP contribution in [0.3, 0.4) is 0 Å². The van der Waals surface area contributed by atoms with Crippen molar-refractivity contribution in [2.45, 2.75) is 0 Å². The maximum atomic E-state index is 14.2. The molecule has 1 aliphatic heterocycles. The normalized spacial score (nSPS) is 13.4. The van der Waals surface area contributed by atoms with Crippen LogP contribution < -0.4 is 10.1 Å². The summed E-state index contributed by atoms with van der Waals surface area (Å²) in [6.45, 7) is 4.62. The number of methoxy groups -OCH3 is 1. The number of halogens is 2. The molecule has 0 radical (unpaired) electrons. The summed E-state index contributed by atoms with van der Waals surface area (Å²) in [5.41, 5.74) is 1.96. The molecule has 1 fully saturated rings. The zero-order chi connectivity index (χ0) is 30.1. The minimum Gasteiger partial charge on any atom is -0.494 e. The summed E-state index contributed by atoms with van der Waals surface area (Å²) in [5, 5.41) is 9.92. The van der Waals surface area contributed by atoms with E-state index in [0.29, 0.717) is 35.6 Å². The molecular formula is C28H34ClFN6O5. The van der Waals surface area contributed by atoms with E-state index in [0.717, 1.165) is 26.2 Å². The smallest absolute Gasteiger partial charge is 0.291 e. The second-order valence-corrected chi connectivity index (χ2v) is 9.97. The molecule has 0 atom stereocenters. The van der Waals surface area contributed by atoms with Gasteiger partial charge < -0.3 is 29.5 Å². The van der Waals surface area contributed by atoms with Gasteiger partial charge in [-0.3, -0.25) is 19.3 Å². The van der Waals surface area contributed by atoms with E-state index in [1.807, 2.05) is 19.0 Å². The van der Waals surface area contributed by atoms with Gasteiger partial charge in [-0.25, -0.2) is 9.37 Å². The average molecular weight is 589 g/mol. The molecule has 1 aromatic heterocycles. The Balaban J connectivity index is 0.00000147. The summed E-state index contributed by atoms with van der Waals surface area (Å²) in [6, 6.07) is 9.38. The van der Waals surface area contributed by atoms with Crippen LogP contribution in [-0.2, 0) is 11.8 Å². The molecule has 3 aromatic rings. The van der Waals surface area contributed by atoms with Crippen LogP contribution in [0.1, 0.15) is 21.0 Å². The zero-order valence-corrected chi connectivity index (χ0v) is 24.2. The molecule has 2 heterocycles. The first-order valence-electron chi connectivity index (χ1n) is 12.8. The summed E-state index contributed by atoms with van der Waals surface area (Å²) in [5.74, 6) is -0.820. The van der Waals surface area contributed by atoms with Crippen molar-refractivity contribution in [3.63, 3.8) is 0 Å². The van der Waals surface area contributed by atoms with Crippen LogP contribution in [0, 0.1) is 5.82 Å². The lowest BCUT2D eigenvalue weighted by molar-refractivity contribution is -0.122. The number of carbonyl (C=O) groups excluding carboxylic acids is 2. The van der Waals surface area contributed by atoms with E-state index in [-0.39, 0.29) is 29.0 Å². The number of aromatic nitrogens is 2. The number of nitrogens with zero attached hydrogens (tertiary/aromatic N) is 5. The molecule has 1 saturated heterocycles. The number of carbonyl (C=O) groups is 3. The third-order valence-electron chi connectivity index (χ3n) is 6.62. The fraction of sp³-hybridized carbons (Fsp3) is 0.357. The van der Waals surface area contributed by atoms with Crippen LogP contribution in [0.25, 0.3) is 11.3 Å². The van der Waals surface area contributed by atoms with Crippen LogP contribution in [0.15, 0.2) is 42.6 Å². The molecule has 2 amide bonds. The first kappa shape index (κ1) is 31.5. The molecule has 1 aliphatic rings. The van der Waals surface area contributed by atoms with Crippen molar-refractivity contribution in [2.24, 2.45) is 7.05 Å². The van der Waals surface area contributed by atoms with Crippen LogP contribution in [0.5, 0.6) is 5.75 Å². The largest absolute Gasteiger partial charge is 0.494 e. The van der Waals surface area contributed by atoms with Gasteiger partial charge in [-0.1, -0.05) is 11.6 Å². The molecule has 220 valence electrons. The molecule has 0 saturated carbocycles. The van der Waals surface area contributed by atoms with E-state index in [4.69, 9.17) is 26.2 Å². The number of hydrogen-bond donors (Lipinski definition) is 2. The number of benzene rings is 2. The number of rotatable bonds is 8. The van der Waals surface area contributed by atoms with Gasteiger partial charge in [0, 0.05) is 57.6 Å². The predicted molar refractivity (Wildman–Crippen MR) is 154 cm³/mol. The van der Waals surface area contributed by atoms with E-state index in [9.17, 15) is 14.0 Å². The highest BCUT2D eigenvalue weighted by atomic mass is 35.5. The highest BCUT2D eigenvalue weighted by Gasteiger charge is 2.24. The summed E-state index contributed by atoms with van der Waals surface area (Å²) >= 11 is 6.46. The third kappa shape index (κ3) is 8.03. The van der Waals surface area contributed by atoms with Gasteiger partial charge in [0.15, 0.2) is 17.4 Å². The second kappa shape index (κ2) is 14.6. The van der Waals surface area contributed by atoms with Gasteiger partial charge >= 0.3 is 0 Å². The summed E-state index contributed by atoms with van der Waals surface area (Å²) in [7, 11) is 7.17. The number of amides is 2. The summed E-state index contributed by atoms with van der Waals surface area (Å²) in [4.78, 5) is 44.9. The number of likely N-dealkylation sites (N-methyl/N-ethyl adjacent to an activating group) is 1. The van der Waals surface area contributed by atoms with Crippen LogP contribution in [0.2, 0.25) is 5.02 Å². The maximum Gasteiger partial charge on any atom is 0.291 e. The number of ether oxygens (including phenoxy) is 1. The SMILES string of the molecule is COc1ccc(-c2cnc(C(=O)Nc3ccc(C(=O)N4CCN(CCN(C)C)CC4)c(Cl)c3)n2C)cc1F.O=CO. The van der Waals surface area contributed by atoms with Gasteiger partial charge in [0.05, 0.1) is 29.6 Å². The lowest BCUT2D eigenvalue weighted by Gasteiger charge is -2.35. The Kier molecular flexibility index (Phi) is 11.2. The van der Waals surface area contributed by atoms with Crippen LogP contribution in [0.4, 0.5) is 10.1 Å². The number of hydrogen-bond acceptors (Lipinski definition) is 7. The lowest BCUT2D eigenvalue weighted by atomic mass is 10.1. The molecule has 4 rings (SSSR count). The van der Waals surface area contributed by atoms with E-state index >= 15 is 0 Å². The highest BCUT2D eigenvalue weighted by molar-refractivity contribution is 6.34. The van der Waals surface area contributed by atoms with Crippen molar-refractivity contribution in [2.75, 3.05) is 65.8 Å². The first-order chi connectivity index (χ1) is 19.6. The quantitative estimate of drug-likeness (QED) is 0.385. The standard InChI is InChI=1S/C27H32ClFN6O3.CH2O2/c1-32(2)9-10-34-11-13-35(14-12-34)27(37)20-7-6-19(16-21(20)28)31-26(36)25-30-17-23(33(25)3)18-5-8-24(38-4)22(29)15-18;2-1-3/h5-8,15-17H,9-14H2,1-4H3,(H,31,36);1H,(H,2,3). The molecular weight excluding hydrogens is 555 g/mol. The zero-order valence-electron chi connectivity index (χ0n) is 23.4. The Morgan fingerprint density at radius 2 is 1.85 bits per heavy atom. The first-order valence-corrected chi connectivity index (χ1v) is 13.2. The van der Waals surface area contributed by atoms with Crippen molar-refractivity contribution >= 4 is 35.6 Å². The van der Waals surface area contributed by atoms with E-state index in [1.165, 1.54) is 25.4 Å². The molecule has 0 unspecified atom stereocenters. The molecule has 13 heteroatoms. The number of imidazole rings is 1. The van der Waals surface area contributed by atoms with Crippen LogP contribution >= 0.6 is 11.6 Å².